The fourth-order valence-corrected chi connectivity index (χ4v) is 3.96. The highest BCUT2D eigenvalue weighted by Gasteiger charge is 2.57. The maximum atomic E-state index is 12.4. The van der Waals surface area contributed by atoms with E-state index >= 15 is 0 Å². The summed E-state index contributed by atoms with van der Waals surface area (Å²) in [6.07, 6.45) is 0.272. The topological polar surface area (TPSA) is 81.7 Å². The molecular formula is C23H23NO5. The number of carbonyl (C=O) groups is 3. The minimum Gasteiger partial charge on any atom is -0.465 e. The van der Waals surface area contributed by atoms with E-state index in [1.165, 1.54) is 0 Å². The van der Waals surface area contributed by atoms with Gasteiger partial charge in [0, 0.05) is 5.92 Å². The van der Waals surface area contributed by atoms with Crippen molar-refractivity contribution in [2.24, 2.45) is 5.41 Å². The van der Waals surface area contributed by atoms with E-state index in [9.17, 15) is 14.4 Å². The Hall–Kier alpha value is -3.15. The van der Waals surface area contributed by atoms with Crippen LogP contribution >= 0.6 is 0 Å². The summed E-state index contributed by atoms with van der Waals surface area (Å²) in [5.41, 5.74) is 3.47. The molecule has 0 radical (unpaired) electrons. The number of hydrogen-bond acceptors (Lipinski definition) is 5. The molecule has 1 amide bonds. The van der Waals surface area contributed by atoms with Crippen molar-refractivity contribution in [3.05, 3.63) is 59.7 Å². The second-order valence-electron chi connectivity index (χ2n) is 7.40. The third-order valence-electron chi connectivity index (χ3n) is 5.69. The lowest BCUT2D eigenvalue weighted by Gasteiger charge is -2.15. The molecule has 2 aromatic carbocycles. The van der Waals surface area contributed by atoms with Gasteiger partial charge in [0.05, 0.1) is 13.2 Å². The maximum Gasteiger partial charge on any atom is 0.407 e. The summed E-state index contributed by atoms with van der Waals surface area (Å²) < 4.78 is 10.4. The van der Waals surface area contributed by atoms with Crippen LogP contribution in [0.15, 0.2) is 48.5 Å². The molecule has 0 bridgehead atoms. The third-order valence-corrected chi connectivity index (χ3v) is 5.69. The first-order valence-electron chi connectivity index (χ1n) is 9.86. The second kappa shape index (κ2) is 7.70. The molecule has 6 heteroatoms. The lowest BCUT2D eigenvalue weighted by Crippen LogP contribution is -2.38. The van der Waals surface area contributed by atoms with Crippen LogP contribution in [0.1, 0.15) is 36.8 Å². The quantitative estimate of drug-likeness (QED) is 0.576. The molecule has 1 fully saturated rings. The number of rotatable bonds is 7. The number of nitrogens with one attached hydrogen (secondary N) is 1. The number of carbonyl (C=O) groups excluding carboxylic acids is 3. The zero-order valence-electron chi connectivity index (χ0n) is 16.3. The van der Waals surface area contributed by atoms with E-state index < -0.39 is 17.5 Å². The molecule has 2 aromatic rings. The van der Waals surface area contributed by atoms with E-state index in [0.29, 0.717) is 12.8 Å². The van der Waals surface area contributed by atoms with Gasteiger partial charge in [-0.05, 0) is 42.0 Å². The number of benzene rings is 2. The van der Waals surface area contributed by atoms with E-state index in [-0.39, 0.29) is 31.5 Å². The predicted octanol–water partition coefficient (Wildman–Crippen LogP) is 3.44. The number of Topliss-reactive ketones (excluding diaryl/α,β-unsaturated/α-hetero) is 1. The number of esters is 1. The summed E-state index contributed by atoms with van der Waals surface area (Å²) in [6.45, 7) is 1.87. The van der Waals surface area contributed by atoms with Gasteiger partial charge in [-0.15, -0.1) is 0 Å². The van der Waals surface area contributed by atoms with Crippen molar-refractivity contribution in [1.82, 2.24) is 5.32 Å². The molecular weight excluding hydrogens is 370 g/mol. The lowest BCUT2D eigenvalue weighted by molar-refractivity contribution is -0.153. The van der Waals surface area contributed by atoms with Crippen molar-refractivity contribution in [1.29, 1.82) is 0 Å². The van der Waals surface area contributed by atoms with Gasteiger partial charge in [0.1, 0.15) is 12.0 Å². The third kappa shape index (κ3) is 3.50. The maximum absolute atomic E-state index is 12.4. The minimum absolute atomic E-state index is 0.0434. The molecule has 1 saturated carbocycles. The zero-order chi connectivity index (χ0) is 20.4. The lowest BCUT2D eigenvalue weighted by atomic mass is 9.98. The van der Waals surface area contributed by atoms with Crippen molar-refractivity contribution >= 4 is 17.8 Å². The fraction of sp³-hybridized carbons (Fsp3) is 0.348. The molecule has 0 spiro atoms. The Kier molecular flexibility index (Phi) is 5.09. The number of alkyl carbamates (subject to hydrolysis) is 1. The highest BCUT2D eigenvalue weighted by molar-refractivity contribution is 6.08. The number of fused-ring (bicyclic) bond motifs is 3. The SMILES string of the molecule is CCOC(=O)C1(C(=O)CNC(=O)OCC2c3ccccc3-c3ccccc32)CC1. The first-order chi connectivity index (χ1) is 14.1. The average Bonchev–Trinajstić information content (AvgIpc) is 3.49. The van der Waals surface area contributed by atoms with Crippen LogP contribution in [0.2, 0.25) is 0 Å². The Labute approximate surface area is 169 Å². The molecule has 6 nitrogen and oxygen atoms in total. The number of hydrogen-bond donors (Lipinski definition) is 1. The van der Waals surface area contributed by atoms with Gasteiger partial charge in [-0.1, -0.05) is 48.5 Å². The van der Waals surface area contributed by atoms with Crippen LogP contribution in [-0.4, -0.2) is 37.6 Å². The zero-order valence-corrected chi connectivity index (χ0v) is 16.3. The molecule has 0 atom stereocenters. The van der Waals surface area contributed by atoms with Crippen LogP contribution < -0.4 is 5.32 Å². The van der Waals surface area contributed by atoms with E-state index in [1.54, 1.807) is 6.92 Å². The van der Waals surface area contributed by atoms with E-state index in [4.69, 9.17) is 9.47 Å². The molecule has 0 saturated heterocycles. The van der Waals surface area contributed by atoms with Crippen molar-refractivity contribution in [3.63, 3.8) is 0 Å². The van der Waals surface area contributed by atoms with Gasteiger partial charge in [-0.3, -0.25) is 9.59 Å². The Bertz CT molecular complexity index is 918. The molecule has 2 aliphatic rings. The smallest absolute Gasteiger partial charge is 0.407 e. The molecule has 150 valence electrons. The van der Waals surface area contributed by atoms with E-state index in [0.717, 1.165) is 22.3 Å². The van der Waals surface area contributed by atoms with Gasteiger partial charge in [0.15, 0.2) is 5.78 Å². The minimum atomic E-state index is -1.08. The Morgan fingerprint density at radius 2 is 1.55 bits per heavy atom. The van der Waals surface area contributed by atoms with Crippen molar-refractivity contribution in [2.45, 2.75) is 25.7 Å². The van der Waals surface area contributed by atoms with E-state index in [1.807, 2.05) is 36.4 Å². The number of ether oxygens (including phenoxy) is 2. The van der Waals surface area contributed by atoms with Crippen LogP contribution in [0.3, 0.4) is 0 Å². The van der Waals surface area contributed by atoms with Crippen LogP contribution in [0.25, 0.3) is 11.1 Å². The highest BCUT2D eigenvalue weighted by atomic mass is 16.5. The van der Waals surface area contributed by atoms with Gasteiger partial charge in [0.2, 0.25) is 0 Å². The molecule has 0 heterocycles. The van der Waals surface area contributed by atoms with E-state index in [2.05, 4.69) is 17.4 Å². The summed E-state index contributed by atoms with van der Waals surface area (Å²) >= 11 is 0. The van der Waals surface area contributed by atoms with Gasteiger partial charge < -0.3 is 14.8 Å². The standard InChI is InChI=1S/C23H23NO5/c1-2-28-21(26)23(11-12-23)20(25)13-24-22(27)29-14-19-17-9-5-3-7-15(17)16-8-4-6-10-18(16)19/h3-10,19H,2,11-14H2,1H3,(H,24,27). The number of amides is 1. The monoisotopic (exact) mass is 393 g/mol. The van der Waals surface area contributed by atoms with Crippen LogP contribution in [0.5, 0.6) is 0 Å². The van der Waals surface area contributed by atoms with Crippen LogP contribution in [-0.2, 0) is 19.1 Å². The van der Waals surface area contributed by atoms with Crippen molar-refractivity contribution in [2.75, 3.05) is 19.8 Å². The second-order valence-corrected chi connectivity index (χ2v) is 7.40. The van der Waals surface area contributed by atoms with Gasteiger partial charge >= 0.3 is 12.1 Å². The average molecular weight is 393 g/mol. The Morgan fingerprint density at radius 1 is 0.966 bits per heavy atom. The largest absolute Gasteiger partial charge is 0.465 e. The summed E-state index contributed by atoms with van der Waals surface area (Å²) in [6, 6.07) is 16.2. The number of ketones is 1. The Balaban J connectivity index is 1.35. The van der Waals surface area contributed by atoms with Gasteiger partial charge in [-0.25, -0.2) is 4.79 Å². The molecule has 29 heavy (non-hydrogen) atoms. The summed E-state index contributed by atoms with van der Waals surface area (Å²) in [4.78, 5) is 36.5. The van der Waals surface area contributed by atoms with Crippen LogP contribution in [0, 0.1) is 5.41 Å². The molecule has 2 aliphatic carbocycles. The Morgan fingerprint density at radius 3 is 2.10 bits per heavy atom. The normalized spacial score (nSPS) is 15.8. The first kappa shape index (κ1) is 19.2. The first-order valence-corrected chi connectivity index (χ1v) is 9.86. The summed E-state index contributed by atoms with van der Waals surface area (Å²) in [5.74, 6) is -0.873. The molecule has 0 unspecified atom stereocenters. The van der Waals surface area contributed by atoms with Crippen LogP contribution in [0.4, 0.5) is 4.79 Å². The molecule has 1 N–H and O–H groups in total. The highest BCUT2D eigenvalue weighted by Crippen LogP contribution is 2.47. The predicted molar refractivity (Wildman–Crippen MR) is 106 cm³/mol. The summed E-state index contributed by atoms with van der Waals surface area (Å²) in [7, 11) is 0. The molecule has 0 aliphatic heterocycles. The molecule has 0 aromatic heterocycles. The molecule has 4 rings (SSSR count). The van der Waals surface area contributed by atoms with Crippen molar-refractivity contribution < 1.29 is 23.9 Å². The fourth-order valence-electron chi connectivity index (χ4n) is 3.96. The van der Waals surface area contributed by atoms with Gasteiger partial charge in [-0.2, -0.15) is 0 Å². The summed E-state index contributed by atoms with van der Waals surface area (Å²) in [5, 5.41) is 2.48. The van der Waals surface area contributed by atoms with Crippen molar-refractivity contribution in [3.8, 4) is 11.1 Å². The van der Waals surface area contributed by atoms with Gasteiger partial charge in [0.25, 0.3) is 0 Å².